The highest BCUT2D eigenvalue weighted by Gasteiger charge is 1.85. The van der Waals surface area contributed by atoms with E-state index in [1.807, 2.05) is 12.1 Å². The van der Waals surface area contributed by atoms with Gasteiger partial charge < -0.3 is 5.11 Å². The second-order valence-electron chi connectivity index (χ2n) is 2.71. The molecule has 0 unspecified atom stereocenters. The Morgan fingerprint density at radius 1 is 1.23 bits per heavy atom. The summed E-state index contributed by atoms with van der Waals surface area (Å²) in [7, 11) is 0. The number of aliphatic hydroxyl groups is 1. The minimum atomic E-state index is 0.226. The van der Waals surface area contributed by atoms with Crippen molar-refractivity contribution >= 4 is 0 Å². The van der Waals surface area contributed by atoms with Gasteiger partial charge in [0.25, 0.3) is 0 Å². The number of nitrogens with zero attached hydrogens (tertiary/aromatic N) is 1. The average Bonchev–Trinajstić information content (AvgIpc) is 2.19. The van der Waals surface area contributed by atoms with E-state index in [0.717, 1.165) is 19.3 Å². The van der Waals surface area contributed by atoms with Crippen molar-refractivity contribution in [3.63, 3.8) is 0 Å². The highest BCUT2D eigenvalue weighted by molar-refractivity contribution is 5.17. The maximum atomic E-state index is 8.51. The van der Waals surface area contributed by atoms with Crippen molar-refractivity contribution in [3.05, 3.63) is 30.1 Å². The van der Waals surface area contributed by atoms with Crippen LogP contribution in [-0.4, -0.2) is 16.7 Å². The van der Waals surface area contributed by atoms with Crippen molar-refractivity contribution in [2.24, 2.45) is 0 Å². The van der Waals surface area contributed by atoms with Crippen LogP contribution < -0.4 is 0 Å². The molecule has 1 N–H and O–H groups in total. The lowest BCUT2D eigenvalue weighted by Gasteiger charge is -1.90. The summed E-state index contributed by atoms with van der Waals surface area (Å²) in [5.41, 5.74) is 1.19. The summed E-state index contributed by atoms with van der Waals surface area (Å²) >= 11 is 0. The molecule has 2 nitrogen and oxygen atoms in total. The molecule has 0 fully saturated rings. The molecule has 1 rings (SSSR count). The highest BCUT2D eigenvalue weighted by Crippen LogP contribution is 1.95. The van der Waals surface area contributed by atoms with Crippen molar-refractivity contribution in [2.45, 2.75) is 19.3 Å². The second kappa shape index (κ2) is 6.22. The minimum absolute atomic E-state index is 0.226. The third-order valence-corrected chi connectivity index (χ3v) is 1.63. The van der Waals surface area contributed by atoms with Gasteiger partial charge in [0, 0.05) is 31.8 Å². The lowest BCUT2D eigenvalue weighted by Crippen LogP contribution is -1.82. The molecular formula is C11H13NO. The maximum absolute atomic E-state index is 8.51. The minimum Gasteiger partial charge on any atom is -0.396 e. The average molecular weight is 175 g/mol. The van der Waals surface area contributed by atoms with E-state index in [2.05, 4.69) is 16.8 Å². The van der Waals surface area contributed by atoms with Crippen LogP contribution in [0.25, 0.3) is 0 Å². The van der Waals surface area contributed by atoms with E-state index in [9.17, 15) is 0 Å². The van der Waals surface area contributed by atoms with E-state index >= 15 is 0 Å². The van der Waals surface area contributed by atoms with Crippen molar-refractivity contribution in [2.75, 3.05) is 6.61 Å². The van der Waals surface area contributed by atoms with Gasteiger partial charge in [-0.2, -0.15) is 0 Å². The zero-order chi connectivity index (χ0) is 9.36. The molecule has 0 aliphatic carbocycles. The first-order valence-corrected chi connectivity index (χ1v) is 4.39. The molecule has 0 spiro atoms. The molecule has 68 valence electrons. The molecule has 0 aromatic carbocycles. The summed E-state index contributed by atoms with van der Waals surface area (Å²) in [4.78, 5) is 3.92. The van der Waals surface area contributed by atoms with Crippen LogP contribution in [0.15, 0.2) is 24.5 Å². The summed E-state index contributed by atoms with van der Waals surface area (Å²) in [6.07, 6.45) is 5.86. The summed E-state index contributed by atoms with van der Waals surface area (Å²) in [5, 5.41) is 8.51. The van der Waals surface area contributed by atoms with Crippen LogP contribution in [0.3, 0.4) is 0 Å². The van der Waals surface area contributed by atoms with E-state index in [4.69, 9.17) is 5.11 Å². The van der Waals surface area contributed by atoms with Crippen LogP contribution in [0, 0.1) is 11.8 Å². The van der Waals surface area contributed by atoms with Gasteiger partial charge in [-0.05, 0) is 24.1 Å². The zero-order valence-electron chi connectivity index (χ0n) is 7.53. The summed E-state index contributed by atoms with van der Waals surface area (Å²) in [5.74, 6) is 6.05. The largest absolute Gasteiger partial charge is 0.396 e. The Morgan fingerprint density at radius 3 is 2.69 bits per heavy atom. The Kier molecular flexibility index (Phi) is 4.66. The number of unbranched alkanes of at least 4 members (excludes halogenated alkanes) is 1. The van der Waals surface area contributed by atoms with E-state index in [1.165, 1.54) is 5.56 Å². The molecule has 0 radical (unpaired) electrons. The van der Waals surface area contributed by atoms with Crippen LogP contribution in [0.5, 0.6) is 0 Å². The molecule has 1 aromatic rings. The SMILES string of the molecule is OCCCC#CCc1ccncc1. The Bertz CT molecular complexity index is 284. The topological polar surface area (TPSA) is 33.1 Å². The van der Waals surface area contributed by atoms with Gasteiger partial charge in [0.1, 0.15) is 0 Å². The van der Waals surface area contributed by atoms with E-state index in [1.54, 1.807) is 12.4 Å². The Labute approximate surface area is 78.6 Å². The number of rotatable bonds is 3. The van der Waals surface area contributed by atoms with Gasteiger partial charge in [-0.25, -0.2) is 0 Å². The first-order chi connectivity index (χ1) is 6.43. The number of aliphatic hydroxyl groups excluding tert-OH is 1. The predicted molar refractivity (Wildman–Crippen MR) is 52.0 cm³/mol. The number of aromatic nitrogens is 1. The Morgan fingerprint density at radius 2 is 2.00 bits per heavy atom. The summed E-state index contributed by atoms with van der Waals surface area (Å²) in [6.45, 7) is 0.226. The zero-order valence-corrected chi connectivity index (χ0v) is 7.53. The van der Waals surface area contributed by atoms with E-state index in [0.29, 0.717) is 0 Å². The molecule has 0 bridgehead atoms. The normalized spacial score (nSPS) is 9.00. The van der Waals surface area contributed by atoms with Crippen molar-refractivity contribution in [1.29, 1.82) is 0 Å². The fraction of sp³-hybridized carbons (Fsp3) is 0.364. The number of hydrogen-bond acceptors (Lipinski definition) is 2. The fourth-order valence-electron chi connectivity index (χ4n) is 0.921. The van der Waals surface area contributed by atoms with Gasteiger partial charge in [-0.1, -0.05) is 5.92 Å². The number of hydrogen-bond donors (Lipinski definition) is 1. The molecule has 0 saturated heterocycles. The predicted octanol–water partition coefficient (Wildman–Crippen LogP) is 1.40. The first-order valence-electron chi connectivity index (χ1n) is 4.39. The second-order valence-corrected chi connectivity index (χ2v) is 2.71. The third-order valence-electron chi connectivity index (χ3n) is 1.63. The molecule has 0 atom stereocenters. The Hall–Kier alpha value is -1.33. The standard InChI is InChI=1S/C11H13NO/c13-10-4-2-1-3-5-11-6-8-12-9-7-11/h6-9,13H,2,4-5,10H2. The molecule has 2 heteroatoms. The van der Waals surface area contributed by atoms with E-state index in [-0.39, 0.29) is 6.61 Å². The molecular weight excluding hydrogens is 162 g/mol. The van der Waals surface area contributed by atoms with E-state index < -0.39 is 0 Å². The van der Waals surface area contributed by atoms with Crippen molar-refractivity contribution in [3.8, 4) is 11.8 Å². The maximum Gasteiger partial charge on any atom is 0.0440 e. The molecule has 13 heavy (non-hydrogen) atoms. The third kappa shape index (κ3) is 4.29. The van der Waals surface area contributed by atoms with Crippen LogP contribution in [0.2, 0.25) is 0 Å². The van der Waals surface area contributed by atoms with Gasteiger partial charge in [-0.15, -0.1) is 5.92 Å². The smallest absolute Gasteiger partial charge is 0.0440 e. The Balaban J connectivity index is 2.29. The van der Waals surface area contributed by atoms with Gasteiger partial charge in [0.15, 0.2) is 0 Å². The molecule has 0 aliphatic heterocycles. The first kappa shape index (κ1) is 9.76. The van der Waals surface area contributed by atoms with Gasteiger partial charge >= 0.3 is 0 Å². The van der Waals surface area contributed by atoms with Crippen LogP contribution in [0.4, 0.5) is 0 Å². The fourth-order valence-corrected chi connectivity index (χ4v) is 0.921. The van der Waals surface area contributed by atoms with Crippen LogP contribution in [0.1, 0.15) is 18.4 Å². The molecule has 1 heterocycles. The summed E-state index contributed by atoms with van der Waals surface area (Å²) < 4.78 is 0. The van der Waals surface area contributed by atoms with Crippen molar-refractivity contribution < 1.29 is 5.11 Å². The number of pyridine rings is 1. The van der Waals surface area contributed by atoms with Crippen LogP contribution in [-0.2, 0) is 6.42 Å². The lowest BCUT2D eigenvalue weighted by atomic mass is 10.2. The van der Waals surface area contributed by atoms with Gasteiger partial charge in [-0.3, -0.25) is 4.98 Å². The van der Waals surface area contributed by atoms with Crippen molar-refractivity contribution in [1.82, 2.24) is 4.98 Å². The van der Waals surface area contributed by atoms with Crippen LogP contribution >= 0.6 is 0 Å². The molecule has 0 saturated carbocycles. The van der Waals surface area contributed by atoms with Gasteiger partial charge in [0.2, 0.25) is 0 Å². The highest BCUT2D eigenvalue weighted by atomic mass is 16.2. The summed E-state index contributed by atoms with van der Waals surface area (Å²) in [6, 6.07) is 3.92. The lowest BCUT2D eigenvalue weighted by molar-refractivity contribution is 0.290. The quantitative estimate of drug-likeness (QED) is 0.556. The monoisotopic (exact) mass is 175 g/mol. The molecule has 1 aromatic heterocycles. The molecule has 0 amide bonds. The van der Waals surface area contributed by atoms with Gasteiger partial charge in [0.05, 0.1) is 0 Å². The molecule has 0 aliphatic rings.